The lowest BCUT2D eigenvalue weighted by Crippen LogP contribution is -2.41. The van der Waals surface area contributed by atoms with E-state index in [1.807, 2.05) is 13.0 Å². The second-order valence-corrected chi connectivity index (χ2v) is 5.18. The first-order chi connectivity index (χ1) is 10.9. The molecule has 0 bridgehead atoms. The van der Waals surface area contributed by atoms with Gasteiger partial charge in [-0.15, -0.1) is 0 Å². The zero-order chi connectivity index (χ0) is 17.0. The molecule has 120 valence electrons. The number of benzene rings is 2. The Kier molecular flexibility index (Phi) is 5.05. The summed E-state index contributed by atoms with van der Waals surface area (Å²) in [4.78, 5) is 24.1. The first kappa shape index (κ1) is 16.6. The van der Waals surface area contributed by atoms with Gasteiger partial charge >= 0.3 is 0 Å². The Morgan fingerprint density at radius 3 is 2.43 bits per heavy atom. The third kappa shape index (κ3) is 4.35. The average molecular weight is 318 g/mol. The largest absolute Gasteiger partial charge is 0.341 e. The van der Waals surface area contributed by atoms with Crippen LogP contribution in [0, 0.1) is 18.6 Å². The number of hydrogen-bond donors (Lipinski definition) is 2. The highest BCUT2D eigenvalue weighted by molar-refractivity contribution is 6.01. The summed E-state index contributed by atoms with van der Waals surface area (Å²) >= 11 is 0. The maximum Gasteiger partial charge on any atom is 0.251 e. The average Bonchev–Trinajstić information content (AvgIpc) is 2.50. The number of nitrogens with one attached hydrogen (secondary N) is 2. The Labute approximate surface area is 132 Å². The van der Waals surface area contributed by atoms with E-state index in [2.05, 4.69) is 10.6 Å². The highest BCUT2D eigenvalue weighted by atomic mass is 19.2. The van der Waals surface area contributed by atoms with Crippen molar-refractivity contribution >= 4 is 17.5 Å². The molecule has 6 heteroatoms. The fourth-order valence-corrected chi connectivity index (χ4v) is 1.96. The molecule has 23 heavy (non-hydrogen) atoms. The van der Waals surface area contributed by atoms with Gasteiger partial charge in [0.15, 0.2) is 11.6 Å². The summed E-state index contributed by atoms with van der Waals surface area (Å²) in [6.45, 7) is 3.36. The molecule has 0 heterocycles. The predicted molar refractivity (Wildman–Crippen MR) is 83.1 cm³/mol. The van der Waals surface area contributed by atoms with Crippen molar-refractivity contribution in [1.82, 2.24) is 5.32 Å². The molecule has 0 aromatic heterocycles. The minimum absolute atomic E-state index is 0.116. The first-order valence-electron chi connectivity index (χ1n) is 7.00. The molecule has 2 N–H and O–H groups in total. The lowest BCUT2D eigenvalue weighted by atomic mass is 10.1. The van der Waals surface area contributed by atoms with Gasteiger partial charge in [-0.1, -0.05) is 17.7 Å². The fraction of sp³-hybridized carbons (Fsp3) is 0.176. The highest BCUT2D eigenvalue weighted by Gasteiger charge is 2.17. The van der Waals surface area contributed by atoms with Gasteiger partial charge in [0, 0.05) is 17.3 Å². The van der Waals surface area contributed by atoms with Crippen LogP contribution >= 0.6 is 0 Å². The molecule has 2 amide bonds. The number of carbonyl (C=O) groups is 2. The zero-order valence-corrected chi connectivity index (χ0v) is 12.7. The van der Waals surface area contributed by atoms with Gasteiger partial charge in [0.25, 0.3) is 5.91 Å². The Bertz CT molecular complexity index is 747. The van der Waals surface area contributed by atoms with E-state index in [0.717, 1.165) is 17.7 Å². The Hall–Kier alpha value is -2.76. The van der Waals surface area contributed by atoms with Crippen LogP contribution in [0.4, 0.5) is 14.5 Å². The Morgan fingerprint density at radius 1 is 1.04 bits per heavy atom. The lowest BCUT2D eigenvalue weighted by Gasteiger charge is -2.14. The molecular weight excluding hydrogens is 302 g/mol. The van der Waals surface area contributed by atoms with E-state index in [0.29, 0.717) is 5.56 Å². The second kappa shape index (κ2) is 7.00. The molecule has 0 spiro atoms. The van der Waals surface area contributed by atoms with E-state index in [4.69, 9.17) is 0 Å². The Balaban J connectivity index is 1.99. The number of amides is 2. The van der Waals surface area contributed by atoms with Crippen molar-refractivity contribution in [2.24, 2.45) is 0 Å². The van der Waals surface area contributed by atoms with Gasteiger partial charge in [0.05, 0.1) is 0 Å². The summed E-state index contributed by atoms with van der Waals surface area (Å²) in [6.07, 6.45) is 0. The van der Waals surface area contributed by atoms with Crippen LogP contribution < -0.4 is 10.6 Å². The van der Waals surface area contributed by atoms with Crippen LogP contribution in [0.25, 0.3) is 0 Å². The Morgan fingerprint density at radius 2 is 1.78 bits per heavy atom. The topological polar surface area (TPSA) is 58.2 Å². The highest BCUT2D eigenvalue weighted by Crippen LogP contribution is 2.13. The van der Waals surface area contributed by atoms with Crippen LogP contribution in [0.15, 0.2) is 42.5 Å². The minimum atomic E-state index is -1.06. The number of hydrogen-bond acceptors (Lipinski definition) is 2. The number of anilines is 1. The van der Waals surface area contributed by atoms with Gasteiger partial charge < -0.3 is 10.6 Å². The van der Waals surface area contributed by atoms with E-state index in [1.54, 1.807) is 18.2 Å². The van der Waals surface area contributed by atoms with Crippen LogP contribution in [-0.2, 0) is 4.79 Å². The van der Waals surface area contributed by atoms with Gasteiger partial charge in [-0.2, -0.15) is 0 Å². The molecule has 0 aliphatic heterocycles. The number of halogens is 2. The second-order valence-electron chi connectivity index (χ2n) is 5.18. The van der Waals surface area contributed by atoms with Crippen molar-refractivity contribution in [3.8, 4) is 0 Å². The third-order valence-electron chi connectivity index (χ3n) is 3.21. The molecule has 0 saturated carbocycles. The summed E-state index contributed by atoms with van der Waals surface area (Å²) in [5, 5.41) is 4.97. The molecular formula is C17H16F2N2O2. The summed E-state index contributed by atoms with van der Waals surface area (Å²) < 4.78 is 25.9. The molecule has 4 nitrogen and oxygen atoms in total. The SMILES string of the molecule is Cc1cccc(C(=O)N[C@@H](C)C(=O)Nc2ccc(F)c(F)c2)c1. The van der Waals surface area contributed by atoms with Crippen LogP contribution in [0.5, 0.6) is 0 Å². The minimum Gasteiger partial charge on any atom is -0.341 e. The van der Waals surface area contributed by atoms with Crippen molar-refractivity contribution in [2.45, 2.75) is 19.9 Å². The van der Waals surface area contributed by atoms with Crippen molar-refractivity contribution in [2.75, 3.05) is 5.32 Å². The summed E-state index contributed by atoms with van der Waals surface area (Å²) in [6, 6.07) is 9.15. The monoisotopic (exact) mass is 318 g/mol. The van der Waals surface area contributed by atoms with Crippen LogP contribution in [0.3, 0.4) is 0 Å². The van der Waals surface area contributed by atoms with Crippen molar-refractivity contribution in [1.29, 1.82) is 0 Å². The number of carbonyl (C=O) groups excluding carboxylic acids is 2. The normalized spacial score (nSPS) is 11.7. The molecule has 0 aliphatic rings. The van der Waals surface area contributed by atoms with Crippen molar-refractivity contribution in [3.63, 3.8) is 0 Å². The smallest absolute Gasteiger partial charge is 0.251 e. The molecule has 2 aromatic rings. The molecule has 2 aromatic carbocycles. The first-order valence-corrected chi connectivity index (χ1v) is 7.00. The molecule has 0 saturated heterocycles. The van der Waals surface area contributed by atoms with Crippen LogP contribution in [-0.4, -0.2) is 17.9 Å². The molecule has 0 aliphatic carbocycles. The van der Waals surface area contributed by atoms with Crippen LogP contribution in [0.1, 0.15) is 22.8 Å². The van der Waals surface area contributed by atoms with Crippen LogP contribution in [0.2, 0.25) is 0 Å². The van der Waals surface area contributed by atoms with Crippen molar-refractivity contribution in [3.05, 3.63) is 65.2 Å². The zero-order valence-electron chi connectivity index (χ0n) is 12.7. The summed E-state index contributed by atoms with van der Waals surface area (Å²) in [5.74, 6) is -2.97. The van der Waals surface area contributed by atoms with Gasteiger partial charge in [0.1, 0.15) is 6.04 Å². The molecule has 2 rings (SSSR count). The molecule has 0 fully saturated rings. The molecule has 0 radical (unpaired) electrons. The summed E-state index contributed by atoms with van der Waals surface area (Å²) in [7, 11) is 0. The number of rotatable bonds is 4. The third-order valence-corrected chi connectivity index (χ3v) is 3.21. The standard InChI is InChI=1S/C17H16F2N2O2/c1-10-4-3-5-12(8-10)17(23)20-11(2)16(22)21-13-6-7-14(18)15(19)9-13/h3-9,11H,1-2H3,(H,20,23)(H,21,22)/t11-/m0/s1. The van der Waals surface area contributed by atoms with Gasteiger partial charge in [-0.25, -0.2) is 8.78 Å². The van der Waals surface area contributed by atoms with Crippen molar-refractivity contribution < 1.29 is 18.4 Å². The maximum absolute atomic E-state index is 13.1. The maximum atomic E-state index is 13.1. The fourth-order valence-electron chi connectivity index (χ4n) is 1.96. The molecule has 0 unspecified atom stereocenters. The van der Waals surface area contributed by atoms with Gasteiger partial charge in [-0.3, -0.25) is 9.59 Å². The summed E-state index contributed by atoms with van der Waals surface area (Å²) in [5.41, 5.74) is 1.49. The molecule has 1 atom stereocenters. The quantitative estimate of drug-likeness (QED) is 0.910. The van der Waals surface area contributed by atoms with E-state index < -0.39 is 23.6 Å². The van der Waals surface area contributed by atoms with E-state index in [1.165, 1.54) is 13.0 Å². The van der Waals surface area contributed by atoms with Gasteiger partial charge in [0.2, 0.25) is 5.91 Å². The van der Waals surface area contributed by atoms with E-state index >= 15 is 0 Å². The number of aryl methyl sites for hydroxylation is 1. The lowest BCUT2D eigenvalue weighted by molar-refractivity contribution is -0.117. The van der Waals surface area contributed by atoms with E-state index in [9.17, 15) is 18.4 Å². The van der Waals surface area contributed by atoms with Gasteiger partial charge in [-0.05, 0) is 38.1 Å². The predicted octanol–water partition coefficient (Wildman–Crippen LogP) is 3.03. The van der Waals surface area contributed by atoms with E-state index in [-0.39, 0.29) is 11.6 Å².